The van der Waals surface area contributed by atoms with Crippen molar-refractivity contribution < 1.29 is 9.53 Å². The summed E-state index contributed by atoms with van der Waals surface area (Å²) in [7, 11) is 1.57. The second kappa shape index (κ2) is 5.44. The first-order valence-electron chi connectivity index (χ1n) is 7.44. The average Bonchev–Trinajstić information content (AvgIpc) is 2.89. The highest BCUT2D eigenvalue weighted by Crippen LogP contribution is 2.32. The van der Waals surface area contributed by atoms with Crippen LogP contribution in [0, 0.1) is 20.8 Å². The number of carbonyl (C=O) groups is 1. The molecule has 0 atom stereocenters. The van der Waals surface area contributed by atoms with Crippen LogP contribution in [0.3, 0.4) is 0 Å². The number of ether oxygens (including phenoxy) is 1. The van der Waals surface area contributed by atoms with Crippen molar-refractivity contribution in [3.8, 4) is 5.75 Å². The molecule has 0 N–H and O–H groups in total. The Hall–Kier alpha value is -2.36. The topological polar surface area (TPSA) is 42.4 Å². The van der Waals surface area contributed by atoms with Crippen molar-refractivity contribution in [2.24, 2.45) is 0 Å². The summed E-state index contributed by atoms with van der Waals surface area (Å²) >= 11 is 0. The third-order valence-corrected chi connectivity index (χ3v) is 4.25. The van der Waals surface area contributed by atoms with Crippen LogP contribution >= 0.6 is 0 Å². The van der Waals surface area contributed by atoms with E-state index in [-0.39, 0.29) is 5.91 Å². The van der Waals surface area contributed by atoms with Gasteiger partial charge in [0.25, 0.3) is 5.91 Å². The molecule has 22 heavy (non-hydrogen) atoms. The minimum absolute atomic E-state index is 0.0983. The molecule has 1 aromatic heterocycles. The molecule has 1 aliphatic heterocycles. The average molecular weight is 296 g/mol. The van der Waals surface area contributed by atoms with Crippen LogP contribution in [0.5, 0.6) is 5.75 Å². The molecule has 0 saturated carbocycles. The van der Waals surface area contributed by atoms with Gasteiger partial charge in [0.1, 0.15) is 5.75 Å². The van der Waals surface area contributed by atoms with Crippen LogP contribution in [0.15, 0.2) is 24.4 Å². The Kier molecular flexibility index (Phi) is 3.61. The fourth-order valence-electron chi connectivity index (χ4n) is 2.86. The van der Waals surface area contributed by atoms with Gasteiger partial charge in [0.05, 0.1) is 7.11 Å². The zero-order valence-electron chi connectivity index (χ0n) is 13.4. The second-order valence-corrected chi connectivity index (χ2v) is 5.84. The zero-order valence-corrected chi connectivity index (χ0v) is 13.4. The Bertz CT molecular complexity index is 753. The first kappa shape index (κ1) is 14.6. The van der Waals surface area contributed by atoms with Gasteiger partial charge in [-0.3, -0.25) is 4.79 Å². The maximum Gasteiger partial charge on any atom is 0.280 e. The van der Waals surface area contributed by atoms with Crippen molar-refractivity contribution in [3.05, 3.63) is 52.3 Å². The van der Waals surface area contributed by atoms with Gasteiger partial charge in [0.2, 0.25) is 0 Å². The number of aryl methyl sites for hydroxylation is 3. The number of fused-ring (bicyclic) bond motifs is 1. The number of benzene rings is 1. The summed E-state index contributed by atoms with van der Waals surface area (Å²) in [4.78, 5) is 19.0. The lowest BCUT2D eigenvalue weighted by molar-refractivity contribution is 0.0981. The second-order valence-electron chi connectivity index (χ2n) is 5.84. The third kappa shape index (κ3) is 2.34. The van der Waals surface area contributed by atoms with E-state index in [2.05, 4.69) is 31.0 Å². The van der Waals surface area contributed by atoms with Gasteiger partial charge in [-0.25, -0.2) is 4.98 Å². The van der Waals surface area contributed by atoms with Crippen LogP contribution in [0.2, 0.25) is 0 Å². The fourth-order valence-corrected chi connectivity index (χ4v) is 2.86. The first-order valence-corrected chi connectivity index (χ1v) is 7.44. The Morgan fingerprint density at radius 2 is 1.91 bits per heavy atom. The van der Waals surface area contributed by atoms with Gasteiger partial charge in [-0.1, -0.05) is 6.07 Å². The number of carbonyl (C=O) groups excluding carboxylic acids is 1. The molecule has 2 heterocycles. The van der Waals surface area contributed by atoms with Gasteiger partial charge in [-0.15, -0.1) is 0 Å². The first-order chi connectivity index (χ1) is 10.5. The molecular formula is C18H20N2O2. The number of hydrogen-bond donors (Lipinski definition) is 0. The number of aromatic nitrogens is 1. The van der Waals surface area contributed by atoms with Crippen LogP contribution < -0.4 is 9.64 Å². The summed E-state index contributed by atoms with van der Waals surface area (Å²) in [6.07, 6.45) is 2.59. The van der Waals surface area contributed by atoms with Crippen molar-refractivity contribution in [1.29, 1.82) is 0 Å². The summed E-state index contributed by atoms with van der Waals surface area (Å²) in [6, 6.07) is 6.12. The minimum atomic E-state index is -0.0983. The minimum Gasteiger partial charge on any atom is -0.494 e. The van der Waals surface area contributed by atoms with E-state index in [4.69, 9.17) is 4.74 Å². The maximum absolute atomic E-state index is 12.9. The highest BCUT2D eigenvalue weighted by molar-refractivity contribution is 6.07. The summed E-state index contributed by atoms with van der Waals surface area (Å²) in [5, 5.41) is 0. The van der Waals surface area contributed by atoms with E-state index in [0.29, 0.717) is 18.0 Å². The largest absolute Gasteiger partial charge is 0.494 e. The summed E-state index contributed by atoms with van der Waals surface area (Å²) in [5.41, 5.74) is 6.03. The molecule has 0 saturated heterocycles. The van der Waals surface area contributed by atoms with E-state index in [9.17, 15) is 4.79 Å². The standard InChI is InChI=1S/C18H20N2O2/c1-11-7-16(22-4)17(19-10-11)18(21)20-6-5-14-8-12(2)13(3)9-15(14)20/h7-10H,5-6H2,1-4H3. The summed E-state index contributed by atoms with van der Waals surface area (Å²) in [5.74, 6) is 0.432. The van der Waals surface area contributed by atoms with Crippen molar-refractivity contribution in [1.82, 2.24) is 4.98 Å². The molecule has 0 fully saturated rings. The molecule has 4 nitrogen and oxygen atoms in total. The number of nitrogens with zero attached hydrogens (tertiary/aromatic N) is 2. The van der Waals surface area contributed by atoms with Crippen LogP contribution in [0.25, 0.3) is 0 Å². The van der Waals surface area contributed by atoms with E-state index >= 15 is 0 Å². The molecule has 2 aromatic rings. The molecule has 1 aliphatic rings. The van der Waals surface area contributed by atoms with Crippen molar-refractivity contribution in [3.63, 3.8) is 0 Å². The fraction of sp³-hybridized carbons (Fsp3) is 0.333. The number of hydrogen-bond acceptors (Lipinski definition) is 3. The molecule has 3 rings (SSSR count). The number of rotatable bonds is 2. The summed E-state index contributed by atoms with van der Waals surface area (Å²) in [6.45, 7) is 6.79. The monoisotopic (exact) mass is 296 g/mol. The van der Waals surface area contributed by atoms with E-state index in [1.165, 1.54) is 16.7 Å². The van der Waals surface area contributed by atoms with Crippen molar-refractivity contribution in [2.75, 3.05) is 18.6 Å². The van der Waals surface area contributed by atoms with Gasteiger partial charge >= 0.3 is 0 Å². The lowest BCUT2D eigenvalue weighted by Crippen LogP contribution is -2.30. The van der Waals surface area contributed by atoms with E-state index < -0.39 is 0 Å². The quantitative estimate of drug-likeness (QED) is 0.854. The molecule has 0 unspecified atom stereocenters. The van der Waals surface area contributed by atoms with Crippen molar-refractivity contribution in [2.45, 2.75) is 27.2 Å². The van der Waals surface area contributed by atoms with Gasteiger partial charge in [0.15, 0.2) is 5.69 Å². The molecular weight excluding hydrogens is 276 g/mol. The van der Waals surface area contributed by atoms with E-state index in [1.807, 2.05) is 17.9 Å². The van der Waals surface area contributed by atoms with Crippen LogP contribution in [0.1, 0.15) is 32.7 Å². The predicted molar refractivity (Wildman–Crippen MR) is 86.8 cm³/mol. The Morgan fingerprint density at radius 1 is 1.18 bits per heavy atom. The highest BCUT2D eigenvalue weighted by Gasteiger charge is 2.28. The number of pyridine rings is 1. The molecule has 1 aromatic carbocycles. The SMILES string of the molecule is COc1cc(C)cnc1C(=O)N1CCc2cc(C)c(C)cc21. The van der Waals surface area contributed by atoms with Gasteiger partial charge in [0, 0.05) is 18.4 Å². The number of anilines is 1. The molecule has 114 valence electrons. The Labute approximate surface area is 130 Å². The Balaban J connectivity index is 2.01. The predicted octanol–water partition coefficient (Wildman–Crippen LogP) is 3.22. The maximum atomic E-state index is 12.9. The molecule has 0 aliphatic carbocycles. The molecule has 0 radical (unpaired) electrons. The molecule has 0 spiro atoms. The number of amides is 1. The third-order valence-electron chi connectivity index (χ3n) is 4.25. The molecule has 1 amide bonds. The van der Waals surface area contributed by atoms with Crippen LogP contribution in [0.4, 0.5) is 5.69 Å². The molecule has 4 heteroatoms. The van der Waals surface area contributed by atoms with Crippen LogP contribution in [-0.4, -0.2) is 24.5 Å². The van der Waals surface area contributed by atoms with Gasteiger partial charge in [-0.2, -0.15) is 0 Å². The van der Waals surface area contributed by atoms with E-state index in [0.717, 1.165) is 17.7 Å². The smallest absolute Gasteiger partial charge is 0.280 e. The normalized spacial score (nSPS) is 13.2. The zero-order chi connectivity index (χ0) is 15.9. The highest BCUT2D eigenvalue weighted by atomic mass is 16.5. The summed E-state index contributed by atoms with van der Waals surface area (Å²) < 4.78 is 5.33. The van der Waals surface area contributed by atoms with Gasteiger partial charge in [-0.05, 0) is 61.6 Å². The van der Waals surface area contributed by atoms with E-state index in [1.54, 1.807) is 13.3 Å². The van der Waals surface area contributed by atoms with Crippen molar-refractivity contribution >= 4 is 11.6 Å². The number of methoxy groups -OCH3 is 1. The molecule has 0 bridgehead atoms. The van der Waals surface area contributed by atoms with Gasteiger partial charge < -0.3 is 9.64 Å². The van der Waals surface area contributed by atoms with Crippen LogP contribution in [-0.2, 0) is 6.42 Å². The lowest BCUT2D eigenvalue weighted by Gasteiger charge is -2.19. The lowest BCUT2D eigenvalue weighted by atomic mass is 10.0. The Morgan fingerprint density at radius 3 is 2.64 bits per heavy atom.